The molecule has 0 aromatic carbocycles. The smallest absolute Gasteiger partial charge is 0.152 e. The normalized spacial score (nSPS) is 22.7. The largest absolute Gasteiger partial charge is 0.381 e. The summed E-state index contributed by atoms with van der Waals surface area (Å²) < 4.78 is 7.20. The van der Waals surface area contributed by atoms with Crippen LogP contribution in [0.1, 0.15) is 38.3 Å². The second kappa shape index (κ2) is 4.81. The van der Waals surface area contributed by atoms with Gasteiger partial charge in [0.05, 0.1) is 11.8 Å². The Morgan fingerprint density at radius 1 is 1.42 bits per heavy atom. The number of methoxy groups -OCH3 is 1. The zero-order valence-corrected chi connectivity index (χ0v) is 11.6. The number of hydrogen-bond donors (Lipinski definition) is 1. The zero-order valence-electron chi connectivity index (χ0n) is 11.6. The van der Waals surface area contributed by atoms with E-state index in [0.29, 0.717) is 18.1 Å². The van der Waals surface area contributed by atoms with Crippen LogP contribution in [0.3, 0.4) is 0 Å². The van der Waals surface area contributed by atoms with E-state index in [0.717, 1.165) is 29.9 Å². The summed E-state index contributed by atoms with van der Waals surface area (Å²) in [6.45, 7) is 4.30. The van der Waals surface area contributed by atoms with Gasteiger partial charge in [0, 0.05) is 25.5 Å². The molecular weight excluding hydrogens is 240 g/mol. The van der Waals surface area contributed by atoms with E-state index < -0.39 is 0 Å². The quantitative estimate of drug-likeness (QED) is 0.917. The summed E-state index contributed by atoms with van der Waals surface area (Å²) in [5.74, 6) is 1.34. The van der Waals surface area contributed by atoms with Gasteiger partial charge in [-0.3, -0.25) is 0 Å². The lowest BCUT2D eigenvalue weighted by atomic mass is 9.89. The van der Waals surface area contributed by atoms with Crippen molar-refractivity contribution in [2.24, 2.45) is 0 Å². The van der Waals surface area contributed by atoms with Crippen molar-refractivity contribution in [3.63, 3.8) is 0 Å². The van der Waals surface area contributed by atoms with Crippen LogP contribution in [0, 0.1) is 0 Å². The fraction of sp³-hybridized carbons (Fsp3) is 0.571. The Balaban J connectivity index is 1.83. The molecule has 1 aliphatic rings. The number of ether oxygens (including phenoxy) is 1. The van der Waals surface area contributed by atoms with Gasteiger partial charge in [0.2, 0.25) is 0 Å². The summed E-state index contributed by atoms with van der Waals surface area (Å²) in [5.41, 5.74) is 2.14. The molecule has 3 rings (SSSR count). The molecule has 5 nitrogen and oxygen atoms in total. The van der Waals surface area contributed by atoms with Gasteiger partial charge in [-0.25, -0.2) is 9.50 Å². The van der Waals surface area contributed by atoms with E-state index in [1.165, 1.54) is 0 Å². The van der Waals surface area contributed by atoms with E-state index in [9.17, 15) is 0 Å². The van der Waals surface area contributed by atoms with Gasteiger partial charge in [-0.15, -0.1) is 0 Å². The van der Waals surface area contributed by atoms with Crippen LogP contribution in [0.4, 0.5) is 5.82 Å². The summed E-state index contributed by atoms with van der Waals surface area (Å²) >= 11 is 0. The lowest BCUT2D eigenvalue weighted by Gasteiger charge is -2.34. The Bertz CT molecular complexity index is 572. The summed E-state index contributed by atoms with van der Waals surface area (Å²) in [7, 11) is 1.77. The van der Waals surface area contributed by atoms with Crippen LogP contribution in [-0.2, 0) is 4.74 Å². The highest BCUT2D eigenvalue weighted by Gasteiger charge is 2.29. The van der Waals surface area contributed by atoms with Crippen molar-refractivity contribution in [2.75, 3.05) is 12.4 Å². The zero-order chi connectivity index (χ0) is 13.4. The number of nitrogens with zero attached hydrogens (tertiary/aromatic N) is 3. The summed E-state index contributed by atoms with van der Waals surface area (Å²) in [5, 5.41) is 8.05. The first kappa shape index (κ1) is 12.4. The minimum atomic E-state index is 0.397. The maximum Gasteiger partial charge on any atom is 0.152 e. The standard InChI is InChI=1S/C14H20N4O/c1-9(2)12-8-13-14(15-4-5-18(13)17-12)16-10-6-11(7-10)19-3/h4-5,8-11H,6-7H2,1-3H3,(H,15,16). The number of anilines is 1. The van der Waals surface area contributed by atoms with Gasteiger partial charge < -0.3 is 10.1 Å². The second-order valence-corrected chi connectivity index (χ2v) is 5.50. The average Bonchev–Trinajstić information content (AvgIpc) is 2.77. The first-order valence-corrected chi connectivity index (χ1v) is 6.81. The molecule has 0 aliphatic heterocycles. The maximum absolute atomic E-state index is 5.30. The highest BCUT2D eigenvalue weighted by molar-refractivity contribution is 5.68. The SMILES string of the molecule is COC1CC(Nc2nccn3nc(C(C)C)cc23)C1. The molecule has 0 amide bonds. The molecule has 2 heterocycles. The summed E-state index contributed by atoms with van der Waals surface area (Å²) in [6, 6.07) is 2.58. The van der Waals surface area contributed by atoms with Crippen LogP contribution >= 0.6 is 0 Å². The van der Waals surface area contributed by atoms with Crippen molar-refractivity contribution in [3.8, 4) is 0 Å². The van der Waals surface area contributed by atoms with Crippen LogP contribution in [0.25, 0.3) is 5.52 Å². The highest BCUT2D eigenvalue weighted by Crippen LogP contribution is 2.27. The molecule has 0 bridgehead atoms. The van der Waals surface area contributed by atoms with Crippen LogP contribution < -0.4 is 5.32 Å². The molecule has 1 aliphatic carbocycles. The van der Waals surface area contributed by atoms with Crippen molar-refractivity contribution in [1.82, 2.24) is 14.6 Å². The lowest BCUT2D eigenvalue weighted by Crippen LogP contribution is -2.40. The van der Waals surface area contributed by atoms with E-state index in [4.69, 9.17) is 4.74 Å². The van der Waals surface area contributed by atoms with Crippen molar-refractivity contribution < 1.29 is 4.74 Å². The maximum atomic E-state index is 5.30. The second-order valence-electron chi connectivity index (χ2n) is 5.50. The third-order valence-electron chi connectivity index (χ3n) is 3.77. The molecule has 0 unspecified atom stereocenters. The Morgan fingerprint density at radius 2 is 2.21 bits per heavy atom. The average molecular weight is 260 g/mol. The molecule has 102 valence electrons. The molecule has 2 aromatic rings. The topological polar surface area (TPSA) is 51.5 Å². The van der Waals surface area contributed by atoms with Crippen molar-refractivity contribution in [1.29, 1.82) is 0 Å². The predicted molar refractivity (Wildman–Crippen MR) is 74.5 cm³/mol. The van der Waals surface area contributed by atoms with E-state index in [1.54, 1.807) is 13.3 Å². The monoisotopic (exact) mass is 260 g/mol. The van der Waals surface area contributed by atoms with Gasteiger partial charge in [-0.05, 0) is 24.8 Å². The Morgan fingerprint density at radius 3 is 2.89 bits per heavy atom. The molecule has 1 saturated carbocycles. The van der Waals surface area contributed by atoms with Crippen LogP contribution in [-0.4, -0.2) is 33.9 Å². The third kappa shape index (κ3) is 2.30. The van der Waals surface area contributed by atoms with Crippen molar-refractivity contribution >= 4 is 11.3 Å². The Labute approximate surface area is 113 Å². The first-order valence-electron chi connectivity index (χ1n) is 6.81. The predicted octanol–water partition coefficient (Wildman–Crippen LogP) is 2.44. The van der Waals surface area contributed by atoms with Crippen molar-refractivity contribution in [3.05, 3.63) is 24.2 Å². The molecule has 2 aromatic heterocycles. The molecular formula is C14H20N4O. The molecule has 0 atom stereocenters. The Kier molecular flexibility index (Phi) is 3.14. The fourth-order valence-electron chi connectivity index (χ4n) is 2.40. The van der Waals surface area contributed by atoms with Gasteiger partial charge in [-0.2, -0.15) is 5.10 Å². The van der Waals surface area contributed by atoms with E-state index in [-0.39, 0.29) is 0 Å². The van der Waals surface area contributed by atoms with Gasteiger partial charge in [0.1, 0.15) is 5.52 Å². The molecule has 1 fully saturated rings. The number of aromatic nitrogens is 3. The summed E-state index contributed by atoms with van der Waals surface area (Å²) in [6.07, 6.45) is 6.17. The van der Waals surface area contributed by atoms with Gasteiger partial charge >= 0.3 is 0 Å². The highest BCUT2D eigenvalue weighted by atomic mass is 16.5. The van der Waals surface area contributed by atoms with Gasteiger partial charge in [-0.1, -0.05) is 13.8 Å². The van der Waals surface area contributed by atoms with Crippen LogP contribution in [0.15, 0.2) is 18.5 Å². The molecule has 1 N–H and O–H groups in total. The number of nitrogens with one attached hydrogen (secondary N) is 1. The van der Waals surface area contributed by atoms with E-state index >= 15 is 0 Å². The van der Waals surface area contributed by atoms with Crippen LogP contribution in [0.2, 0.25) is 0 Å². The summed E-state index contributed by atoms with van der Waals surface area (Å²) in [4.78, 5) is 4.44. The number of fused-ring (bicyclic) bond motifs is 1. The molecule has 0 radical (unpaired) electrons. The Hall–Kier alpha value is -1.62. The molecule has 0 spiro atoms. The molecule has 0 saturated heterocycles. The van der Waals surface area contributed by atoms with Gasteiger partial charge in [0.15, 0.2) is 5.82 Å². The minimum absolute atomic E-state index is 0.397. The third-order valence-corrected chi connectivity index (χ3v) is 3.77. The lowest BCUT2D eigenvalue weighted by molar-refractivity contribution is 0.0328. The molecule has 5 heteroatoms. The number of rotatable bonds is 4. The minimum Gasteiger partial charge on any atom is -0.381 e. The first-order chi connectivity index (χ1) is 9.17. The van der Waals surface area contributed by atoms with Crippen LogP contribution in [0.5, 0.6) is 0 Å². The van der Waals surface area contributed by atoms with Gasteiger partial charge in [0.25, 0.3) is 0 Å². The molecule has 19 heavy (non-hydrogen) atoms. The van der Waals surface area contributed by atoms with E-state index in [2.05, 4.69) is 35.3 Å². The van der Waals surface area contributed by atoms with E-state index in [1.807, 2.05) is 10.7 Å². The fourth-order valence-corrected chi connectivity index (χ4v) is 2.40. The van der Waals surface area contributed by atoms with Crippen molar-refractivity contribution in [2.45, 2.75) is 44.8 Å². The number of hydrogen-bond acceptors (Lipinski definition) is 4.